The second-order valence-corrected chi connectivity index (χ2v) is 5.18. The number of halogens is 1. The zero-order valence-electron chi connectivity index (χ0n) is 10.5. The number of carbonyl (C=O) groups is 1. The molecule has 0 radical (unpaired) electrons. The normalized spacial score (nSPS) is 29.1. The molecule has 1 aromatic rings. The van der Waals surface area contributed by atoms with Crippen molar-refractivity contribution in [2.24, 2.45) is 5.41 Å². The average Bonchev–Trinajstić information content (AvgIpc) is 2.35. The van der Waals surface area contributed by atoms with Gasteiger partial charge in [-0.15, -0.1) is 0 Å². The van der Waals surface area contributed by atoms with Crippen LogP contribution in [0.3, 0.4) is 0 Å². The van der Waals surface area contributed by atoms with Gasteiger partial charge in [0.1, 0.15) is 11.6 Å². The van der Waals surface area contributed by atoms with E-state index >= 15 is 0 Å². The molecule has 1 aliphatic heterocycles. The number of nitrogens with zero attached hydrogens (tertiary/aromatic N) is 1. The number of carboxylic acids is 1. The van der Waals surface area contributed by atoms with Gasteiger partial charge in [-0.1, -0.05) is 30.3 Å². The molecule has 1 fully saturated rings. The lowest BCUT2D eigenvalue weighted by atomic mass is 9.80. The third-order valence-electron chi connectivity index (χ3n) is 3.68. The molecule has 1 heterocycles. The monoisotopic (exact) mass is 251 g/mol. The molecule has 0 aromatic heterocycles. The number of carboxylic acid groups (broad SMARTS) is 1. The Bertz CT molecular complexity index is 423. The van der Waals surface area contributed by atoms with Crippen molar-refractivity contribution >= 4 is 5.97 Å². The molecule has 2 atom stereocenters. The number of piperidine rings is 1. The van der Waals surface area contributed by atoms with Gasteiger partial charge in [0.15, 0.2) is 0 Å². The Balaban J connectivity index is 2.06. The number of aliphatic carboxylic acids is 1. The van der Waals surface area contributed by atoms with Gasteiger partial charge < -0.3 is 5.11 Å². The number of hydrogen-bond donors (Lipinski definition) is 1. The molecule has 1 N–H and O–H groups in total. The highest BCUT2D eigenvalue weighted by molar-refractivity contribution is 5.75. The molecule has 3 nitrogen and oxygen atoms in total. The van der Waals surface area contributed by atoms with Crippen molar-refractivity contribution in [1.29, 1.82) is 0 Å². The Morgan fingerprint density at radius 3 is 2.78 bits per heavy atom. The summed E-state index contributed by atoms with van der Waals surface area (Å²) in [6, 6.07) is 9.85. The maximum atomic E-state index is 13.8. The Morgan fingerprint density at radius 2 is 2.17 bits per heavy atom. The molecule has 2 rings (SSSR count). The maximum Gasteiger partial charge on any atom is 0.313 e. The van der Waals surface area contributed by atoms with Crippen LogP contribution in [0, 0.1) is 5.41 Å². The van der Waals surface area contributed by atoms with E-state index in [0.29, 0.717) is 13.1 Å². The van der Waals surface area contributed by atoms with Crippen LogP contribution in [0.1, 0.15) is 18.9 Å². The molecular formula is C14H18FNO2. The van der Waals surface area contributed by atoms with E-state index in [9.17, 15) is 14.3 Å². The van der Waals surface area contributed by atoms with Crippen LogP contribution < -0.4 is 0 Å². The zero-order chi connectivity index (χ0) is 13.2. The fourth-order valence-electron chi connectivity index (χ4n) is 2.44. The lowest BCUT2D eigenvalue weighted by Gasteiger charge is -2.39. The number of hydrogen-bond acceptors (Lipinski definition) is 2. The van der Waals surface area contributed by atoms with Crippen molar-refractivity contribution in [2.45, 2.75) is 26.1 Å². The summed E-state index contributed by atoms with van der Waals surface area (Å²) in [5.41, 5.74) is -0.157. The minimum atomic E-state index is -1.28. The van der Waals surface area contributed by atoms with E-state index in [4.69, 9.17) is 0 Å². The molecule has 0 bridgehead atoms. The standard InChI is InChI=1S/C14H18FNO2/c1-14(13(17)18)10-16(8-7-12(14)15)9-11-5-3-2-4-6-11/h2-6,12H,7-10H2,1H3,(H,17,18). The van der Waals surface area contributed by atoms with Crippen LogP contribution in [0.4, 0.5) is 4.39 Å². The van der Waals surface area contributed by atoms with Gasteiger partial charge in [-0.3, -0.25) is 9.69 Å². The molecule has 1 aliphatic rings. The maximum absolute atomic E-state index is 13.8. The fraction of sp³-hybridized carbons (Fsp3) is 0.500. The Hall–Kier alpha value is -1.42. The van der Waals surface area contributed by atoms with Gasteiger partial charge in [0.2, 0.25) is 0 Å². The molecule has 1 saturated heterocycles. The van der Waals surface area contributed by atoms with E-state index < -0.39 is 17.6 Å². The molecule has 18 heavy (non-hydrogen) atoms. The van der Waals surface area contributed by atoms with E-state index in [0.717, 1.165) is 5.56 Å². The lowest BCUT2D eigenvalue weighted by Crippen LogP contribution is -2.52. The van der Waals surface area contributed by atoms with Gasteiger partial charge in [0.25, 0.3) is 0 Å². The third kappa shape index (κ3) is 2.53. The molecule has 0 saturated carbocycles. The molecule has 1 aromatic carbocycles. The van der Waals surface area contributed by atoms with Gasteiger partial charge >= 0.3 is 5.97 Å². The topological polar surface area (TPSA) is 40.5 Å². The van der Waals surface area contributed by atoms with Crippen molar-refractivity contribution < 1.29 is 14.3 Å². The van der Waals surface area contributed by atoms with Gasteiger partial charge in [-0.25, -0.2) is 4.39 Å². The van der Waals surface area contributed by atoms with Crippen LogP contribution in [-0.2, 0) is 11.3 Å². The predicted octanol–water partition coefficient (Wildman–Crippen LogP) is 2.32. The highest BCUT2D eigenvalue weighted by Gasteiger charge is 2.46. The summed E-state index contributed by atoms with van der Waals surface area (Å²) in [4.78, 5) is 13.2. The second-order valence-electron chi connectivity index (χ2n) is 5.18. The van der Waals surface area contributed by atoms with Crippen LogP contribution in [0.15, 0.2) is 30.3 Å². The van der Waals surface area contributed by atoms with Gasteiger partial charge in [0.05, 0.1) is 0 Å². The SMILES string of the molecule is CC1(C(=O)O)CN(Cc2ccccc2)CCC1F. The summed E-state index contributed by atoms with van der Waals surface area (Å²) in [5.74, 6) is -1.05. The highest BCUT2D eigenvalue weighted by Crippen LogP contribution is 2.33. The predicted molar refractivity (Wildman–Crippen MR) is 67.0 cm³/mol. The van der Waals surface area contributed by atoms with E-state index in [-0.39, 0.29) is 13.0 Å². The first-order valence-electron chi connectivity index (χ1n) is 6.16. The van der Waals surface area contributed by atoms with Crippen molar-refractivity contribution in [3.8, 4) is 0 Å². The number of benzene rings is 1. The van der Waals surface area contributed by atoms with Crippen LogP contribution in [0.2, 0.25) is 0 Å². The summed E-state index contributed by atoms with van der Waals surface area (Å²) >= 11 is 0. The Morgan fingerprint density at radius 1 is 1.50 bits per heavy atom. The average molecular weight is 251 g/mol. The highest BCUT2D eigenvalue weighted by atomic mass is 19.1. The minimum Gasteiger partial charge on any atom is -0.481 e. The summed E-state index contributed by atoms with van der Waals surface area (Å²) in [5, 5.41) is 9.19. The van der Waals surface area contributed by atoms with Crippen LogP contribution in [0.5, 0.6) is 0 Å². The van der Waals surface area contributed by atoms with Crippen molar-refractivity contribution in [1.82, 2.24) is 4.90 Å². The molecule has 2 unspecified atom stereocenters. The first-order valence-corrected chi connectivity index (χ1v) is 6.16. The number of likely N-dealkylation sites (tertiary alicyclic amines) is 1. The molecular weight excluding hydrogens is 233 g/mol. The Kier molecular flexibility index (Phi) is 3.66. The first kappa shape index (κ1) is 13.0. The van der Waals surface area contributed by atoms with Gasteiger partial charge in [-0.05, 0) is 18.9 Å². The van der Waals surface area contributed by atoms with E-state index in [1.165, 1.54) is 6.92 Å². The zero-order valence-corrected chi connectivity index (χ0v) is 10.5. The molecule has 0 amide bonds. The molecule has 98 valence electrons. The second kappa shape index (κ2) is 5.06. The molecule has 4 heteroatoms. The number of rotatable bonds is 3. The molecule has 0 spiro atoms. The van der Waals surface area contributed by atoms with Crippen LogP contribution in [-0.4, -0.2) is 35.2 Å². The Labute approximate surface area is 106 Å². The van der Waals surface area contributed by atoms with Crippen molar-refractivity contribution in [3.63, 3.8) is 0 Å². The third-order valence-corrected chi connectivity index (χ3v) is 3.68. The minimum absolute atomic E-state index is 0.262. The van der Waals surface area contributed by atoms with Gasteiger partial charge in [-0.2, -0.15) is 0 Å². The van der Waals surface area contributed by atoms with Crippen LogP contribution >= 0.6 is 0 Å². The first-order chi connectivity index (χ1) is 8.52. The largest absolute Gasteiger partial charge is 0.481 e. The summed E-state index contributed by atoms with van der Waals surface area (Å²) in [6.07, 6.45) is -0.975. The smallest absolute Gasteiger partial charge is 0.313 e. The summed E-state index contributed by atoms with van der Waals surface area (Å²) < 4.78 is 13.8. The fourth-order valence-corrected chi connectivity index (χ4v) is 2.44. The lowest BCUT2D eigenvalue weighted by molar-refractivity contribution is -0.156. The van der Waals surface area contributed by atoms with E-state index in [1.807, 2.05) is 35.2 Å². The molecule has 0 aliphatic carbocycles. The van der Waals surface area contributed by atoms with E-state index in [2.05, 4.69) is 0 Å². The van der Waals surface area contributed by atoms with Gasteiger partial charge in [0, 0.05) is 19.6 Å². The quantitative estimate of drug-likeness (QED) is 0.896. The summed E-state index contributed by atoms with van der Waals surface area (Å²) in [6.45, 7) is 3.05. The van der Waals surface area contributed by atoms with Crippen molar-refractivity contribution in [2.75, 3.05) is 13.1 Å². The number of alkyl halides is 1. The van der Waals surface area contributed by atoms with Crippen LogP contribution in [0.25, 0.3) is 0 Å². The summed E-state index contributed by atoms with van der Waals surface area (Å²) in [7, 11) is 0. The van der Waals surface area contributed by atoms with Crippen molar-refractivity contribution in [3.05, 3.63) is 35.9 Å². The van der Waals surface area contributed by atoms with E-state index in [1.54, 1.807) is 0 Å².